The summed E-state index contributed by atoms with van der Waals surface area (Å²) in [6.45, 7) is -0.0982. The number of imidazole rings is 1. The van der Waals surface area contributed by atoms with Crippen molar-refractivity contribution in [3.8, 4) is 0 Å². The number of nitrogens with zero attached hydrogens (tertiary/aromatic N) is 4. The first-order chi connectivity index (χ1) is 9.04. The van der Waals surface area contributed by atoms with Gasteiger partial charge in [-0.15, -0.1) is 0 Å². The predicted molar refractivity (Wildman–Crippen MR) is 63.8 cm³/mol. The third kappa shape index (κ3) is 2.52. The highest BCUT2D eigenvalue weighted by atomic mass is 16.4. The molecular formula is C10H13N5O4. The van der Waals surface area contributed by atoms with Gasteiger partial charge in [0.1, 0.15) is 30.2 Å². The predicted octanol–water partition coefficient (Wildman–Crippen LogP) is -2.31. The number of aliphatic hydroxyl groups excluding tert-OH is 3. The highest BCUT2D eigenvalue weighted by molar-refractivity contribution is 5.81. The molecule has 0 radical (unpaired) electrons. The topological polar surface area (TPSA) is 147 Å². The third-order valence-corrected chi connectivity index (χ3v) is 2.70. The van der Waals surface area contributed by atoms with Crippen LogP contribution in [0.25, 0.3) is 11.2 Å². The second kappa shape index (κ2) is 5.26. The van der Waals surface area contributed by atoms with E-state index in [4.69, 9.17) is 10.8 Å². The summed E-state index contributed by atoms with van der Waals surface area (Å²) in [5, 5.41) is 28.4. The molecule has 0 aliphatic rings. The number of aromatic nitrogens is 4. The Hall–Kier alpha value is -2.10. The van der Waals surface area contributed by atoms with Gasteiger partial charge in [0, 0.05) is 0 Å². The average molecular weight is 267 g/mol. The Balaban J connectivity index is 2.22. The Bertz CT molecular complexity index is 586. The highest BCUT2D eigenvalue weighted by Crippen LogP contribution is 2.15. The van der Waals surface area contributed by atoms with Gasteiger partial charge in [-0.1, -0.05) is 0 Å². The Morgan fingerprint density at radius 3 is 2.74 bits per heavy atom. The molecule has 9 heteroatoms. The molecule has 0 unspecified atom stereocenters. The van der Waals surface area contributed by atoms with Crippen LogP contribution in [0.3, 0.4) is 0 Å². The number of aldehydes is 1. The molecule has 0 spiro atoms. The fraction of sp³-hybridized carbons (Fsp3) is 0.400. The molecule has 0 aromatic carbocycles. The first-order valence-corrected chi connectivity index (χ1v) is 5.45. The minimum Gasteiger partial charge on any atom is -0.388 e. The van der Waals surface area contributed by atoms with Crippen LogP contribution in [-0.2, 0) is 11.3 Å². The number of carbonyl (C=O) groups is 1. The molecule has 19 heavy (non-hydrogen) atoms. The summed E-state index contributed by atoms with van der Waals surface area (Å²) in [6, 6.07) is 0. The number of aliphatic hydroxyl groups is 3. The maximum atomic E-state index is 10.3. The molecule has 102 valence electrons. The smallest absolute Gasteiger partial charge is 0.165 e. The molecule has 0 amide bonds. The molecule has 3 atom stereocenters. The van der Waals surface area contributed by atoms with Crippen LogP contribution in [-0.4, -0.2) is 59.4 Å². The minimum atomic E-state index is -1.65. The van der Waals surface area contributed by atoms with E-state index in [0.717, 1.165) is 0 Å². The van der Waals surface area contributed by atoms with Crippen molar-refractivity contribution >= 4 is 23.3 Å². The van der Waals surface area contributed by atoms with Gasteiger partial charge in [0.2, 0.25) is 0 Å². The molecule has 2 aromatic rings. The number of nitrogen functional groups attached to an aromatic ring is 1. The van der Waals surface area contributed by atoms with Crippen LogP contribution in [0.4, 0.5) is 5.82 Å². The lowest BCUT2D eigenvalue weighted by molar-refractivity contribution is -0.126. The monoisotopic (exact) mass is 267 g/mol. The number of anilines is 1. The zero-order chi connectivity index (χ0) is 14.0. The molecule has 5 N–H and O–H groups in total. The Morgan fingerprint density at radius 2 is 2.05 bits per heavy atom. The fourth-order valence-corrected chi connectivity index (χ4v) is 1.65. The van der Waals surface area contributed by atoms with E-state index in [2.05, 4.69) is 15.0 Å². The van der Waals surface area contributed by atoms with Gasteiger partial charge < -0.3 is 30.4 Å². The Kier molecular flexibility index (Phi) is 3.69. The number of hydrogen-bond acceptors (Lipinski definition) is 8. The maximum Gasteiger partial charge on any atom is 0.165 e. The maximum absolute atomic E-state index is 10.3. The van der Waals surface area contributed by atoms with Crippen LogP contribution in [0.1, 0.15) is 0 Å². The van der Waals surface area contributed by atoms with E-state index in [1.54, 1.807) is 0 Å². The van der Waals surface area contributed by atoms with Crippen molar-refractivity contribution in [2.45, 2.75) is 24.9 Å². The number of carbonyl (C=O) groups excluding carboxylic acids is 1. The summed E-state index contributed by atoms with van der Waals surface area (Å²) >= 11 is 0. The van der Waals surface area contributed by atoms with Crippen LogP contribution in [0, 0.1) is 0 Å². The van der Waals surface area contributed by atoms with Crippen molar-refractivity contribution in [2.75, 3.05) is 5.73 Å². The molecule has 2 aromatic heterocycles. The summed E-state index contributed by atoms with van der Waals surface area (Å²) in [4.78, 5) is 22.0. The van der Waals surface area contributed by atoms with E-state index in [1.807, 2.05) is 0 Å². The van der Waals surface area contributed by atoms with Crippen molar-refractivity contribution < 1.29 is 20.1 Å². The van der Waals surface area contributed by atoms with E-state index in [1.165, 1.54) is 17.2 Å². The van der Waals surface area contributed by atoms with E-state index < -0.39 is 18.3 Å². The second-order valence-corrected chi connectivity index (χ2v) is 4.01. The number of nitrogens with two attached hydrogens (primary N) is 1. The van der Waals surface area contributed by atoms with E-state index in [9.17, 15) is 15.0 Å². The molecule has 9 nitrogen and oxygen atoms in total. The van der Waals surface area contributed by atoms with Crippen LogP contribution in [0.2, 0.25) is 0 Å². The Morgan fingerprint density at radius 1 is 1.32 bits per heavy atom. The molecule has 0 bridgehead atoms. The van der Waals surface area contributed by atoms with Crippen LogP contribution >= 0.6 is 0 Å². The van der Waals surface area contributed by atoms with Crippen molar-refractivity contribution in [1.29, 1.82) is 0 Å². The van der Waals surface area contributed by atoms with Crippen molar-refractivity contribution in [3.63, 3.8) is 0 Å². The third-order valence-electron chi connectivity index (χ3n) is 2.70. The molecule has 0 fully saturated rings. The SMILES string of the molecule is Nc1ncnc2c1ncn2C[C@@H](O)[C@@H](O)[C@@H](O)C=O. The van der Waals surface area contributed by atoms with Crippen molar-refractivity contribution in [2.24, 2.45) is 0 Å². The normalized spacial score (nSPS) is 16.2. The minimum absolute atomic E-state index is 0.0982. The van der Waals surface area contributed by atoms with Gasteiger partial charge in [-0.2, -0.15) is 0 Å². The molecule has 0 saturated heterocycles. The number of hydrogen-bond donors (Lipinski definition) is 4. The van der Waals surface area contributed by atoms with E-state index in [-0.39, 0.29) is 18.6 Å². The lowest BCUT2D eigenvalue weighted by Crippen LogP contribution is -2.40. The Labute approximate surface area is 107 Å². The lowest BCUT2D eigenvalue weighted by Gasteiger charge is -2.19. The number of rotatable bonds is 5. The van der Waals surface area contributed by atoms with Crippen molar-refractivity contribution in [1.82, 2.24) is 19.5 Å². The van der Waals surface area contributed by atoms with Gasteiger partial charge in [0.25, 0.3) is 0 Å². The highest BCUT2D eigenvalue weighted by Gasteiger charge is 2.25. The first kappa shape index (κ1) is 13.3. The molecule has 0 saturated carbocycles. The zero-order valence-electron chi connectivity index (χ0n) is 9.79. The summed E-state index contributed by atoms with van der Waals surface area (Å²) in [7, 11) is 0. The van der Waals surface area contributed by atoms with Crippen molar-refractivity contribution in [3.05, 3.63) is 12.7 Å². The molecule has 0 aliphatic carbocycles. The van der Waals surface area contributed by atoms with Gasteiger partial charge in [-0.05, 0) is 0 Å². The number of fused-ring (bicyclic) bond motifs is 1. The molecule has 2 heterocycles. The van der Waals surface area contributed by atoms with E-state index >= 15 is 0 Å². The molecule has 0 aliphatic heterocycles. The summed E-state index contributed by atoms with van der Waals surface area (Å²) in [5.41, 5.74) is 6.37. The quantitative estimate of drug-likeness (QED) is 0.442. The van der Waals surface area contributed by atoms with Gasteiger partial charge in [0.05, 0.1) is 12.9 Å². The molecular weight excluding hydrogens is 254 g/mol. The van der Waals surface area contributed by atoms with Crippen LogP contribution < -0.4 is 5.73 Å². The standard InChI is InChI=1S/C10H13N5O4/c11-9-7-10(13-3-12-9)15(4-14-7)1-5(17)8(19)6(18)2-16/h2-6,8,17-19H,1H2,(H2,11,12,13)/t5-,6+,8-/m1/s1. The summed E-state index contributed by atoms with van der Waals surface area (Å²) in [6.07, 6.45) is -1.81. The van der Waals surface area contributed by atoms with Gasteiger partial charge in [-0.25, -0.2) is 15.0 Å². The lowest BCUT2D eigenvalue weighted by atomic mass is 10.1. The molecule has 2 rings (SSSR count). The van der Waals surface area contributed by atoms with Gasteiger partial charge in [-0.3, -0.25) is 0 Å². The van der Waals surface area contributed by atoms with Gasteiger partial charge >= 0.3 is 0 Å². The average Bonchev–Trinajstić information content (AvgIpc) is 2.81. The van der Waals surface area contributed by atoms with Crippen LogP contribution in [0.5, 0.6) is 0 Å². The first-order valence-electron chi connectivity index (χ1n) is 5.45. The largest absolute Gasteiger partial charge is 0.388 e. The van der Waals surface area contributed by atoms with E-state index in [0.29, 0.717) is 11.2 Å². The zero-order valence-corrected chi connectivity index (χ0v) is 9.79. The van der Waals surface area contributed by atoms with Gasteiger partial charge in [0.15, 0.2) is 17.8 Å². The summed E-state index contributed by atoms with van der Waals surface area (Å²) < 4.78 is 1.44. The summed E-state index contributed by atoms with van der Waals surface area (Å²) in [5.74, 6) is 0.201. The van der Waals surface area contributed by atoms with Crippen LogP contribution in [0.15, 0.2) is 12.7 Å². The fourth-order valence-electron chi connectivity index (χ4n) is 1.65. The second-order valence-electron chi connectivity index (χ2n) is 4.01.